The summed E-state index contributed by atoms with van der Waals surface area (Å²) in [6.07, 6.45) is 3.41. The van der Waals surface area contributed by atoms with Crippen molar-refractivity contribution in [2.45, 2.75) is 38.5 Å². The van der Waals surface area contributed by atoms with Crippen LogP contribution in [0.2, 0.25) is 0 Å². The normalized spacial score (nSPS) is 17.3. The van der Waals surface area contributed by atoms with Gasteiger partial charge in [0.05, 0.1) is 0 Å². The van der Waals surface area contributed by atoms with Crippen molar-refractivity contribution in [3.8, 4) is 67.5 Å². The van der Waals surface area contributed by atoms with Crippen molar-refractivity contribution in [1.82, 2.24) is 15.0 Å². The van der Waals surface area contributed by atoms with Gasteiger partial charge in [-0.05, 0) is 98.5 Å². The van der Waals surface area contributed by atoms with Crippen molar-refractivity contribution in [2.75, 3.05) is 0 Å². The van der Waals surface area contributed by atoms with Crippen LogP contribution in [0.15, 0.2) is 176 Å². The first-order valence-corrected chi connectivity index (χ1v) is 19.9. The molecule has 1 fully saturated rings. The summed E-state index contributed by atoms with van der Waals surface area (Å²) >= 11 is 0. The summed E-state index contributed by atoms with van der Waals surface area (Å²) in [6.45, 7) is 9.54. The Bertz CT molecular complexity index is 2790. The zero-order valence-electron chi connectivity index (χ0n) is 31.9. The molecule has 0 amide bonds. The van der Waals surface area contributed by atoms with Crippen molar-refractivity contribution in [3.63, 3.8) is 0 Å². The fourth-order valence-corrected chi connectivity index (χ4v) is 9.51. The number of hydrogen-bond acceptors (Lipinski definition) is 3. The van der Waals surface area contributed by atoms with Crippen LogP contribution in [0.1, 0.15) is 44.2 Å². The van der Waals surface area contributed by atoms with E-state index in [0.29, 0.717) is 29.3 Å². The molecule has 10 rings (SSSR count). The van der Waals surface area contributed by atoms with Crippen LogP contribution in [0.5, 0.6) is 0 Å². The average Bonchev–Trinajstić information content (AvgIpc) is 3.54. The Morgan fingerprint density at radius 2 is 1.07 bits per heavy atom. The molecule has 0 aliphatic heterocycles. The highest BCUT2D eigenvalue weighted by Crippen LogP contribution is 2.60. The SMILES string of the molecule is C=C1CC(C(C)C)CCC12c1ccccc1-c1c(-c3cccc(-c4cccc(-c5nc(-c6ccccc6)nc(-c6cccc7ccccc67)n5)c4)c3)cccc12. The molecule has 1 spiro atoms. The van der Waals surface area contributed by atoms with Crippen molar-refractivity contribution in [3.05, 3.63) is 187 Å². The van der Waals surface area contributed by atoms with E-state index in [2.05, 4.69) is 159 Å². The molecule has 2 aliphatic carbocycles. The van der Waals surface area contributed by atoms with E-state index in [1.54, 1.807) is 0 Å². The standard InChI is InChI=1S/C53H43N3/c1-34(2)38-29-30-53(35(3)31-38)47-27-10-9-24-46(47)49-44(25-14-28-48(49)53)41-21-11-19-39(32-41)40-20-12-22-42(33-40)51-54-50(37-16-5-4-6-17-37)55-52(56-51)45-26-13-18-36-15-7-8-23-43(36)45/h4-28,32-34,38H,3,29-31H2,1-2H3. The van der Waals surface area contributed by atoms with Gasteiger partial charge in [-0.3, -0.25) is 0 Å². The van der Waals surface area contributed by atoms with Crippen LogP contribution in [0, 0.1) is 11.8 Å². The zero-order chi connectivity index (χ0) is 37.8. The Labute approximate surface area is 329 Å². The predicted octanol–water partition coefficient (Wildman–Crippen LogP) is 13.6. The van der Waals surface area contributed by atoms with Crippen molar-refractivity contribution < 1.29 is 0 Å². The van der Waals surface area contributed by atoms with E-state index < -0.39 is 0 Å². The van der Waals surface area contributed by atoms with Crippen LogP contribution >= 0.6 is 0 Å². The highest BCUT2D eigenvalue weighted by atomic mass is 15.0. The van der Waals surface area contributed by atoms with Gasteiger partial charge in [-0.25, -0.2) is 15.0 Å². The van der Waals surface area contributed by atoms with Crippen molar-refractivity contribution in [2.24, 2.45) is 11.8 Å². The van der Waals surface area contributed by atoms with Gasteiger partial charge in [0.2, 0.25) is 0 Å². The van der Waals surface area contributed by atoms with Gasteiger partial charge < -0.3 is 0 Å². The Morgan fingerprint density at radius 1 is 0.518 bits per heavy atom. The van der Waals surface area contributed by atoms with E-state index in [-0.39, 0.29) is 5.41 Å². The highest BCUT2D eigenvalue weighted by Gasteiger charge is 2.48. The van der Waals surface area contributed by atoms with Crippen molar-refractivity contribution in [1.29, 1.82) is 0 Å². The fourth-order valence-electron chi connectivity index (χ4n) is 9.51. The third-order valence-electron chi connectivity index (χ3n) is 12.5. The maximum Gasteiger partial charge on any atom is 0.164 e. The van der Waals surface area contributed by atoms with Gasteiger partial charge in [0.1, 0.15) is 0 Å². The topological polar surface area (TPSA) is 38.7 Å². The molecule has 1 aromatic heterocycles. The molecule has 2 aliphatic rings. The minimum Gasteiger partial charge on any atom is -0.208 e. The molecule has 2 atom stereocenters. The van der Waals surface area contributed by atoms with Gasteiger partial charge in [0.15, 0.2) is 17.5 Å². The molecule has 56 heavy (non-hydrogen) atoms. The smallest absolute Gasteiger partial charge is 0.164 e. The van der Waals surface area contributed by atoms with Gasteiger partial charge in [0.25, 0.3) is 0 Å². The van der Waals surface area contributed by atoms with E-state index in [0.717, 1.165) is 51.4 Å². The minimum atomic E-state index is -0.132. The molecule has 1 heterocycles. The van der Waals surface area contributed by atoms with Gasteiger partial charge in [-0.2, -0.15) is 0 Å². The largest absolute Gasteiger partial charge is 0.208 e. The quantitative estimate of drug-likeness (QED) is 0.160. The molecule has 3 nitrogen and oxygen atoms in total. The second-order valence-electron chi connectivity index (χ2n) is 15.9. The van der Waals surface area contributed by atoms with E-state index in [4.69, 9.17) is 21.5 Å². The van der Waals surface area contributed by atoms with E-state index in [1.165, 1.54) is 45.4 Å². The molecular weight excluding hydrogens is 679 g/mol. The van der Waals surface area contributed by atoms with Gasteiger partial charge in [-0.1, -0.05) is 178 Å². The summed E-state index contributed by atoms with van der Waals surface area (Å²) in [5, 5.41) is 2.27. The summed E-state index contributed by atoms with van der Waals surface area (Å²) in [4.78, 5) is 15.3. The Kier molecular flexibility index (Phi) is 8.33. The van der Waals surface area contributed by atoms with Crippen LogP contribution < -0.4 is 0 Å². The molecule has 0 saturated heterocycles. The van der Waals surface area contributed by atoms with Gasteiger partial charge in [-0.15, -0.1) is 0 Å². The van der Waals surface area contributed by atoms with Crippen LogP contribution in [-0.2, 0) is 5.41 Å². The Hall–Kier alpha value is -6.45. The molecule has 0 radical (unpaired) electrons. The van der Waals surface area contributed by atoms with E-state index in [9.17, 15) is 0 Å². The molecule has 270 valence electrons. The minimum absolute atomic E-state index is 0.132. The van der Waals surface area contributed by atoms with Gasteiger partial charge >= 0.3 is 0 Å². The van der Waals surface area contributed by atoms with Crippen LogP contribution in [0.4, 0.5) is 0 Å². The predicted molar refractivity (Wildman–Crippen MR) is 232 cm³/mol. The maximum absolute atomic E-state index is 5.14. The number of benzene rings is 7. The summed E-state index contributed by atoms with van der Waals surface area (Å²) < 4.78 is 0. The molecular formula is C53H43N3. The van der Waals surface area contributed by atoms with Crippen LogP contribution in [-0.4, -0.2) is 15.0 Å². The number of allylic oxidation sites excluding steroid dienone is 1. The number of nitrogens with zero attached hydrogens (tertiary/aromatic N) is 3. The van der Waals surface area contributed by atoms with Crippen molar-refractivity contribution >= 4 is 10.8 Å². The maximum atomic E-state index is 5.14. The van der Waals surface area contributed by atoms with Gasteiger partial charge in [0, 0.05) is 22.1 Å². The Morgan fingerprint density at radius 3 is 1.88 bits per heavy atom. The zero-order valence-corrected chi connectivity index (χ0v) is 31.9. The molecule has 1 saturated carbocycles. The number of fused-ring (bicyclic) bond motifs is 6. The monoisotopic (exact) mass is 721 g/mol. The van der Waals surface area contributed by atoms with E-state index in [1.807, 2.05) is 18.2 Å². The van der Waals surface area contributed by atoms with Crippen LogP contribution in [0.3, 0.4) is 0 Å². The lowest BCUT2D eigenvalue weighted by molar-refractivity contribution is 0.278. The summed E-state index contributed by atoms with van der Waals surface area (Å²) in [5.41, 5.74) is 14.4. The summed E-state index contributed by atoms with van der Waals surface area (Å²) in [6, 6.07) is 58.5. The first-order chi connectivity index (χ1) is 27.5. The molecule has 0 N–H and O–H groups in total. The lowest BCUT2D eigenvalue weighted by atomic mass is 9.61. The van der Waals surface area contributed by atoms with E-state index >= 15 is 0 Å². The van der Waals surface area contributed by atoms with Crippen LogP contribution in [0.25, 0.3) is 78.3 Å². The molecule has 0 bridgehead atoms. The second kappa shape index (κ2) is 13.7. The highest BCUT2D eigenvalue weighted by molar-refractivity contribution is 5.96. The first-order valence-electron chi connectivity index (χ1n) is 19.9. The third kappa shape index (κ3) is 5.61. The molecule has 7 aromatic carbocycles. The first kappa shape index (κ1) is 34.1. The molecule has 8 aromatic rings. The number of aromatic nitrogens is 3. The second-order valence-corrected chi connectivity index (χ2v) is 15.9. The average molecular weight is 722 g/mol. The third-order valence-corrected chi connectivity index (χ3v) is 12.5. The molecule has 2 unspecified atom stereocenters. The fraction of sp³-hybridized carbons (Fsp3) is 0.151. The lowest BCUT2D eigenvalue weighted by Crippen LogP contribution is -2.34. The Balaban J connectivity index is 1.07. The summed E-state index contributed by atoms with van der Waals surface area (Å²) in [5.74, 6) is 3.31. The molecule has 3 heteroatoms. The lowest BCUT2D eigenvalue weighted by Gasteiger charge is -2.42. The number of rotatable bonds is 6. The summed E-state index contributed by atoms with van der Waals surface area (Å²) in [7, 11) is 0. The number of hydrogen-bond donors (Lipinski definition) is 0.